The summed E-state index contributed by atoms with van der Waals surface area (Å²) in [6, 6.07) is 9.66. The third-order valence-corrected chi connectivity index (χ3v) is 4.14. The fourth-order valence-electron chi connectivity index (χ4n) is 2.46. The maximum absolute atomic E-state index is 12.3. The SMILES string of the molecule is CC(C)C1(O)CN(C(=O)c2cnn(-c3ccccc3)c2)C1. The van der Waals surface area contributed by atoms with Crippen LogP contribution in [0.5, 0.6) is 0 Å². The van der Waals surface area contributed by atoms with E-state index in [1.54, 1.807) is 22.0 Å². The molecule has 0 bridgehead atoms. The van der Waals surface area contributed by atoms with Crippen LogP contribution in [-0.2, 0) is 0 Å². The molecule has 1 aliphatic heterocycles. The Balaban J connectivity index is 1.72. The molecular weight excluding hydrogens is 266 g/mol. The molecule has 3 rings (SSSR count). The molecule has 1 N–H and O–H groups in total. The summed E-state index contributed by atoms with van der Waals surface area (Å²) in [4.78, 5) is 14.0. The lowest BCUT2D eigenvalue weighted by Crippen LogP contribution is -2.65. The number of likely N-dealkylation sites (tertiary alicyclic amines) is 1. The van der Waals surface area contributed by atoms with Crippen molar-refractivity contribution in [1.29, 1.82) is 0 Å². The summed E-state index contributed by atoms with van der Waals surface area (Å²) < 4.78 is 1.68. The number of aliphatic hydroxyl groups is 1. The fourth-order valence-corrected chi connectivity index (χ4v) is 2.46. The highest BCUT2D eigenvalue weighted by Crippen LogP contribution is 2.29. The van der Waals surface area contributed by atoms with Gasteiger partial charge in [-0.1, -0.05) is 32.0 Å². The smallest absolute Gasteiger partial charge is 0.257 e. The Kier molecular flexibility index (Phi) is 3.29. The van der Waals surface area contributed by atoms with E-state index in [2.05, 4.69) is 5.10 Å². The molecule has 1 saturated heterocycles. The van der Waals surface area contributed by atoms with Crippen LogP contribution in [0, 0.1) is 5.92 Å². The molecule has 0 atom stereocenters. The van der Waals surface area contributed by atoms with Crippen molar-refractivity contribution in [2.75, 3.05) is 13.1 Å². The van der Waals surface area contributed by atoms with Gasteiger partial charge in [-0.05, 0) is 18.1 Å². The van der Waals surface area contributed by atoms with E-state index < -0.39 is 5.60 Å². The topological polar surface area (TPSA) is 58.4 Å². The Morgan fingerprint density at radius 3 is 2.57 bits per heavy atom. The predicted octanol–water partition coefficient (Wildman–Crippen LogP) is 1.72. The molecular formula is C16H19N3O2. The van der Waals surface area contributed by atoms with Gasteiger partial charge in [-0.15, -0.1) is 0 Å². The first-order chi connectivity index (χ1) is 9.99. The molecule has 2 heterocycles. The highest BCUT2D eigenvalue weighted by atomic mass is 16.3. The third kappa shape index (κ3) is 2.45. The molecule has 2 aromatic rings. The molecule has 0 unspecified atom stereocenters. The van der Waals surface area contributed by atoms with Crippen molar-refractivity contribution in [1.82, 2.24) is 14.7 Å². The number of aromatic nitrogens is 2. The summed E-state index contributed by atoms with van der Waals surface area (Å²) in [5.74, 6) is 0.0658. The molecule has 0 aliphatic carbocycles. The third-order valence-electron chi connectivity index (χ3n) is 4.14. The van der Waals surface area contributed by atoms with Crippen LogP contribution in [0.3, 0.4) is 0 Å². The Labute approximate surface area is 123 Å². The first-order valence-corrected chi connectivity index (χ1v) is 7.11. The fraction of sp³-hybridized carbons (Fsp3) is 0.375. The van der Waals surface area contributed by atoms with Gasteiger partial charge in [-0.2, -0.15) is 5.10 Å². The average Bonchev–Trinajstić information content (AvgIpc) is 2.93. The zero-order valence-electron chi connectivity index (χ0n) is 12.2. The van der Waals surface area contributed by atoms with E-state index in [0.29, 0.717) is 18.7 Å². The number of hydrogen-bond acceptors (Lipinski definition) is 3. The predicted molar refractivity (Wildman–Crippen MR) is 79.3 cm³/mol. The van der Waals surface area contributed by atoms with Crippen molar-refractivity contribution >= 4 is 5.91 Å². The zero-order valence-corrected chi connectivity index (χ0v) is 12.2. The number of hydrogen-bond donors (Lipinski definition) is 1. The van der Waals surface area contributed by atoms with E-state index in [0.717, 1.165) is 5.69 Å². The number of β-amino-alcohol motifs (C(OH)–C–C–N with tert-alkyl or cyclic N) is 1. The Bertz CT molecular complexity index is 643. The van der Waals surface area contributed by atoms with Crippen LogP contribution in [0.4, 0.5) is 0 Å². The van der Waals surface area contributed by atoms with Gasteiger partial charge in [0.2, 0.25) is 0 Å². The number of benzene rings is 1. The van der Waals surface area contributed by atoms with Crippen molar-refractivity contribution in [3.8, 4) is 5.69 Å². The Morgan fingerprint density at radius 1 is 1.29 bits per heavy atom. The molecule has 5 nitrogen and oxygen atoms in total. The van der Waals surface area contributed by atoms with E-state index in [9.17, 15) is 9.90 Å². The van der Waals surface area contributed by atoms with E-state index in [1.165, 1.54) is 0 Å². The van der Waals surface area contributed by atoms with Gasteiger partial charge in [0.05, 0.1) is 30.5 Å². The molecule has 0 saturated carbocycles. The lowest BCUT2D eigenvalue weighted by Gasteiger charge is -2.48. The van der Waals surface area contributed by atoms with Crippen LogP contribution in [0.15, 0.2) is 42.7 Å². The second-order valence-corrected chi connectivity index (χ2v) is 5.93. The second kappa shape index (κ2) is 5.00. The molecule has 0 spiro atoms. The van der Waals surface area contributed by atoms with Crippen LogP contribution >= 0.6 is 0 Å². The van der Waals surface area contributed by atoms with Crippen LogP contribution in [0.1, 0.15) is 24.2 Å². The van der Waals surface area contributed by atoms with E-state index >= 15 is 0 Å². The normalized spacial score (nSPS) is 16.9. The first-order valence-electron chi connectivity index (χ1n) is 7.11. The maximum Gasteiger partial charge on any atom is 0.257 e. The van der Waals surface area contributed by atoms with Crippen LogP contribution in [0.2, 0.25) is 0 Å². The second-order valence-electron chi connectivity index (χ2n) is 5.93. The van der Waals surface area contributed by atoms with Gasteiger partial charge in [0.25, 0.3) is 5.91 Å². The van der Waals surface area contributed by atoms with Gasteiger partial charge >= 0.3 is 0 Å². The molecule has 1 aromatic heterocycles. The monoisotopic (exact) mass is 285 g/mol. The van der Waals surface area contributed by atoms with Gasteiger partial charge in [-0.25, -0.2) is 4.68 Å². The van der Waals surface area contributed by atoms with Gasteiger partial charge in [0.15, 0.2) is 0 Å². The summed E-state index contributed by atoms with van der Waals surface area (Å²) >= 11 is 0. The van der Waals surface area contributed by atoms with Crippen LogP contribution < -0.4 is 0 Å². The van der Waals surface area contributed by atoms with Crippen molar-refractivity contribution in [3.63, 3.8) is 0 Å². The van der Waals surface area contributed by atoms with E-state index in [-0.39, 0.29) is 11.8 Å². The Morgan fingerprint density at radius 2 is 1.95 bits per heavy atom. The van der Waals surface area contributed by atoms with Gasteiger partial charge in [0.1, 0.15) is 5.60 Å². The minimum Gasteiger partial charge on any atom is -0.386 e. The number of carbonyl (C=O) groups excluding carboxylic acids is 1. The summed E-state index contributed by atoms with van der Waals surface area (Å²) in [7, 11) is 0. The largest absolute Gasteiger partial charge is 0.386 e. The highest BCUT2D eigenvalue weighted by Gasteiger charge is 2.46. The first kappa shape index (κ1) is 13.8. The molecule has 1 amide bonds. The quantitative estimate of drug-likeness (QED) is 0.934. The molecule has 1 aliphatic rings. The van der Waals surface area contributed by atoms with E-state index in [4.69, 9.17) is 0 Å². The number of para-hydroxylation sites is 1. The summed E-state index contributed by atoms with van der Waals surface area (Å²) in [5.41, 5.74) is 0.717. The molecule has 5 heteroatoms. The maximum atomic E-state index is 12.3. The number of amides is 1. The van der Waals surface area contributed by atoms with Crippen molar-refractivity contribution in [2.45, 2.75) is 19.4 Å². The molecule has 21 heavy (non-hydrogen) atoms. The van der Waals surface area contributed by atoms with Crippen LogP contribution in [-0.4, -0.2) is 44.4 Å². The number of carbonyl (C=O) groups is 1. The summed E-state index contributed by atoms with van der Waals surface area (Å²) in [5, 5.41) is 14.4. The van der Waals surface area contributed by atoms with Crippen molar-refractivity contribution < 1.29 is 9.90 Å². The lowest BCUT2D eigenvalue weighted by atomic mass is 9.83. The highest BCUT2D eigenvalue weighted by molar-refractivity contribution is 5.94. The van der Waals surface area contributed by atoms with E-state index in [1.807, 2.05) is 44.2 Å². The average molecular weight is 285 g/mol. The van der Waals surface area contributed by atoms with Crippen LogP contribution in [0.25, 0.3) is 5.69 Å². The standard InChI is InChI=1S/C16H19N3O2/c1-12(2)16(21)10-18(11-16)15(20)13-8-17-19(9-13)14-6-4-3-5-7-14/h3-9,12,21H,10-11H2,1-2H3. The minimum atomic E-state index is -0.745. The molecule has 1 aromatic carbocycles. The van der Waals surface area contributed by atoms with Gasteiger partial charge in [0, 0.05) is 6.20 Å². The number of rotatable bonds is 3. The molecule has 0 radical (unpaired) electrons. The van der Waals surface area contributed by atoms with Crippen molar-refractivity contribution in [2.24, 2.45) is 5.92 Å². The molecule has 1 fully saturated rings. The zero-order chi connectivity index (χ0) is 15.0. The van der Waals surface area contributed by atoms with Crippen molar-refractivity contribution in [3.05, 3.63) is 48.3 Å². The van der Waals surface area contributed by atoms with Gasteiger partial charge < -0.3 is 10.0 Å². The minimum absolute atomic E-state index is 0.0810. The molecule has 110 valence electrons. The number of nitrogens with zero attached hydrogens (tertiary/aromatic N) is 3. The van der Waals surface area contributed by atoms with Gasteiger partial charge in [-0.3, -0.25) is 4.79 Å². The lowest BCUT2D eigenvalue weighted by molar-refractivity contribution is -0.110. The Hall–Kier alpha value is -2.14. The summed E-state index contributed by atoms with van der Waals surface area (Å²) in [6.45, 7) is 4.71. The summed E-state index contributed by atoms with van der Waals surface area (Å²) in [6.07, 6.45) is 3.30.